The first-order valence-electron chi connectivity index (χ1n) is 9.49. The summed E-state index contributed by atoms with van der Waals surface area (Å²) in [5.41, 5.74) is 1.33. The molecule has 26 heavy (non-hydrogen) atoms. The van der Waals surface area contributed by atoms with Gasteiger partial charge in [-0.15, -0.1) is 11.8 Å². The summed E-state index contributed by atoms with van der Waals surface area (Å²) in [4.78, 5) is 15.9. The van der Waals surface area contributed by atoms with Crippen molar-refractivity contribution in [3.63, 3.8) is 0 Å². The van der Waals surface area contributed by atoms with E-state index in [4.69, 9.17) is 0 Å². The highest BCUT2D eigenvalue weighted by Crippen LogP contribution is 2.33. The zero-order valence-corrected chi connectivity index (χ0v) is 16.0. The lowest BCUT2D eigenvalue weighted by Gasteiger charge is -2.32. The molecule has 1 saturated carbocycles. The highest BCUT2D eigenvalue weighted by atomic mass is 32.2. The van der Waals surface area contributed by atoms with Gasteiger partial charge in [-0.1, -0.05) is 18.2 Å². The number of piperidine rings is 1. The summed E-state index contributed by atoms with van der Waals surface area (Å²) >= 11 is 1.95. The first-order chi connectivity index (χ1) is 12.7. The molecule has 1 saturated heterocycles. The van der Waals surface area contributed by atoms with Gasteiger partial charge in [-0.2, -0.15) is 5.10 Å². The van der Waals surface area contributed by atoms with E-state index in [0.29, 0.717) is 5.25 Å². The van der Waals surface area contributed by atoms with Gasteiger partial charge < -0.3 is 4.90 Å². The standard InChI is InChI=1S/C20H26N4OS/c1-15-4-2-3-5-18(15)26-17-9-12-23(13-10-17)20(25)22-19-8-11-21-24(19)14-16-6-7-16/h2-5,8,11,16-17H,6-7,9-10,12-14H2,1H3,(H,22,25). The van der Waals surface area contributed by atoms with E-state index in [2.05, 4.69) is 41.6 Å². The second kappa shape index (κ2) is 7.74. The number of nitrogens with one attached hydrogen (secondary N) is 1. The Morgan fingerprint density at radius 2 is 1.96 bits per heavy atom. The van der Waals surface area contributed by atoms with Crippen molar-refractivity contribution in [3.05, 3.63) is 42.1 Å². The summed E-state index contributed by atoms with van der Waals surface area (Å²) in [6.45, 7) is 4.70. The maximum Gasteiger partial charge on any atom is 0.323 e. The van der Waals surface area contributed by atoms with Crippen LogP contribution in [0.15, 0.2) is 41.4 Å². The largest absolute Gasteiger partial charge is 0.324 e. The van der Waals surface area contributed by atoms with Gasteiger partial charge in [0.25, 0.3) is 0 Å². The van der Waals surface area contributed by atoms with Gasteiger partial charge in [0.15, 0.2) is 0 Å². The lowest BCUT2D eigenvalue weighted by molar-refractivity contribution is 0.201. The van der Waals surface area contributed by atoms with Crippen LogP contribution in [-0.2, 0) is 6.54 Å². The molecule has 0 unspecified atom stereocenters. The minimum Gasteiger partial charge on any atom is -0.324 e. The van der Waals surface area contributed by atoms with E-state index in [1.807, 2.05) is 27.4 Å². The molecule has 1 aromatic carbocycles. The molecule has 1 aromatic heterocycles. The van der Waals surface area contributed by atoms with E-state index >= 15 is 0 Å². The summed E-state index contributed by atoms with van der Waals surface area (Å²) in [6.07, 6.45) is 6.39. The highest BCUT2D eigenvalue weighted by molar-refractivity contribution is 8.00. The lowest BCUT2D eigenvalue weighted by Crippen LogP contribution is -2.42. The van der Waals surface area contributed by atoms with Crippen LogP contribution in [0.25, 0.3) is 0 Å². The van der Waals surface area contributed by atoms with E-state index in [9.17, 15) is 4.79 Å². The molecule has 4 rings (SSSR count). The van der Waals surface area contributed by atoms with Crippen molar-refractivity contribution >= 4 is 23.6 Å². The second-order valence-corrected chi connectivity index (χ2v) is 8.68. The Labute approximate surface area is 159 Å². The Morgan fingerprint density at radius 1 is 1.19 bits per heavy atom. The van der Waals surface area contributed by atoms with Crippen LogP contribution in [0.3, 0.4) is 0 Å². The first-order valence-corrected chi connectivity index (χ1v) is 10.4. The molecule has 0 bridgehead atoms. The molecule has 2 heterocycles. The maximum atomic E-state index is 12.6. The fourth-order valence-electron chi connectivity index (χ4n) is 3.36. The summed E-state index contributed by atoms with van der Waals surface area (Å²) in [7, 11) is 0. The summed E-state index contributed by atoms with van der Waals surface area (Å²) in [5, 5.41) is 7.97. The monoisotopic (exact) mass is 370 g/mol. The van der Waals surface area contributed by atoms with Gasteiger partial charge in [0.1, 0.15) is 5.82 Å². The van der Waals surface area contributed by atoms with Crippen LogP contribution in [0.2, 0.25) is 0 Å². The number of amides is 2. The number of nitrogens with zero attached hydrogens (tertiary/aromatic N) is 3. The predicted octanol–water partition coefficient (Wildman–Crippen LogP) is 4.39. The smallest absolute Gasteiger partial charge is 0.323 e. The number of rotatable bonds is 5. The fourth-order valence-corrected chi connectivity index (χ4v) is 4.58. The Balaban J connectivity index is 1.28. The molecule has 2 aliphatic rings. The number of anilines is 1. The first kappa shape index (κ1) is 17.5. The van der Waals surface area contributed by atoms with Crippen molar-refractivity contribution in [2.24, 2.45) is 5.92 Å². The molecule has 0 atom stereocenters. The molecule has 0 spiro atoms. The summed E-state index contributed by atoms with van der Waals surface area (Å²) < 4.78 is 1.93. The molecule has 1 aliphatic carbocycles. The third-order valence-electron chi connectivity index (χ3n) is 5.20. The van der Waals surface area contributed by atoms with Gasteiger partial charge in [-0.3, -0.25) is 5.32 Å². The number of aromatic nitrogens is 2. The van der Waals surface area contributed by atoms with Crippen molar-refractivity contribution in [2.45, 2.75) is 49.3 Å². The van der Waals surface area contributed by atoms with Gasteiger partial charge in [0.2, 0.25) is 0 Å². The number of thioether (sulfide) groups is 1. The zero-order chi connectivity index (χ0) is 17.9. The quantitative estimate of drug-likeness (QED) is 0.849. The van der Waals surface area contributed by atoms with Crippen LogP contribution < -0.4 is 5.32 Å². The van der Waals surface area contributed by atoms with Crippen LogP contribution in [0, 0.1) is 12.8 Å². The van der Waals surface area contributed by atoms with Crippen LogP contribution in [-0.4, -0.2) is 39.1 Å². The van der Waals surface area contributed by atoms with Gasteiger partial charge in [0, 0.05) is 35.8 Å². The molecule has 138 valence electrons. The third-order valence-corrected chi connectivity index (χ3v) is 6.71. The average molecular weight is 371 g/mol. The van der Waals surface area contributed by atoms with Crippen molar-refractivity contribution < 1.29 is 4.79 Å². The van der Waals surface area contributed by atoms with Crippen molar-refractivity contribution in [3.8, 4) is 0 Å². The second-order valence-electron chi connectivity index (χ2n) is 7.34. The van der Waals surface area contributed by atoms with E-state index in [1.54, 1.807) is 6.20 Å². The molecule has 2 fully saturated rings. The summed E-state index contributed by atoms with van der Waals surface area (Å²) in [6, 6.07) is 10.4. The fraction of sp³-hybridized carbons (Fsp3) is 0.500. The maximum absolute atomic E-state index is 12.6. The van der Waals surface area contributed by atoms with Crippen LogP contribution in [0.1, 0.15) is 31.2 Å². The van der Waals surface area contributed by atoms with Gasteiger partial charge in [-0.05, 0) is 50.2 Å². The molecule has 1 aliphatic heterocycles. The average Bonchev–Trinajstić information content (AvgIpc) is 3.36. The Kier molecular flexibility index (Phi) is 5.20. The Morgan fingerprint density at radius 3 is 2.69 bits per heavy atom. The van der Waals surface area contributed by atoms with E-state index in [0.717, 1.165) is 44.2 Å². The minimum atomic E-state index is 0.00175. The topological polar surface area (TPSA) is 50.2 Å². The van der Waals surface area contributed by atoms with Crippen molar-refractivity contribution in [1.82, 2.24) is 14.7 Å². The van der Waals surface area contributed by atoms with Gasteiger partial charge >= 0.3 is 6.03 Å². The molecule has 5 nitrogen and oxygen atoms in total. The van der Waals surface area contributed by atoms with E-state index < -0.39 is 0 Å². The van der Waals surface area contributed by atoms with Crippen LogP contribution in [0.4, 0.5) is 10.6 Å². The van der Waals surface area contributed by atoms with Gasteiger partial charge in [0.05, 0.1) is 6.20 Å². The van der Waals surface area contributed by atoms with Gasteiger partial charge in [-0.25, -0.2) is 9.48 Å². The zero-order valence-electron chi connectivity index (χ0n) is 15.2. The van der Waals surface area contributed by atoms with Crippen LogP contribution >= 0.6 is 11.8 Å². The number of likely N-dealkylation sites (tertiary alicyclic amines) is 1. The normalized spacial score (nSPS) is 18.1. The molecule has 2 amide bonds. The van der Waals surface area contributed by atoms with E-state index in [-0.39, 0.29) is 6.03 Å². The molecule has 1 N–H and O–H groups in total. The number of hydrogen-bond donors (Lipinski definition) is 1. The molecular weight excluding hydrogens is 344 g/mol. The Hall–Kier alpha value is -1.95. The molecule has 0 radical (unpaired) electrons. The Bertz CT molecular complexity index is 763. The number of urea groups is 1. The minimum absolute atomic E-state index is 0.00175. The number of aryl methyl sites for hydroxylation is 1. The number of hydrogen-bond acceptors (Lipinski definition) is 3. The number of benzene rings is 1. The van der Waals surface area contributed by atoms with E-state index in [1.165, 1.54) is 23.3 Å². The molecular formula is C20H26N4OS. The van der Waals surface area contributed by atoms with Crippen LogP contribution in [0.5, 0.6) is 0 Å². The number of carbonyl (C=O) groups excluding carboxylic acids is 1. The lowest BCUT2D eigenvalue weighted by atomic mass is 10.1. The summed E-state index contributed by atoms with van der Waals surface area (Å²) in [5.74, 6) is 1.55. The van der Waals surface area contributed by atoms with Crippen molar-refractivity contribution in [1.29, 1.82) is 0 Å². The SMILES string of the molecule is Cc1ccccc1SC1CCN(C(=O)Nc2ccnn2CC2CC2)CC1. The van der Waals surface area contributed by atoms with Crippen molar-refractivity contribution in [2.75, 3.05) is 18.4 Å². The predicted molar refractivity (Wildman–Crippen MR) is 106 cm³/mol. The molecule has 2 aromatic rings. The molecule has 6 heteroatoms. The number of carbonyl (C=O) groups is 1. The highest BCUT2D eigenvalue weighted by Gasteiger charge is 2.26. The third kappa shape index (κ3) is 4.23.